The molecule has 0 radical (unpaired) electrons. The third kappa shape index (κ3) is 2.59. The van der Waals surface area contributed by atoms with Gasteiger partial charge in [0.1, 0.15) is 0 Å². The molecule has 0 aliphatic carbocycles. The molecule has 0 aliphatic rings. The Labute approximate surface area is 102 Å². The minimum atomic E-state index is 0.779. The molecule has 0 saturated carbocycles. The van der Waals surface area contributed by atoms with Gasteiger partial charge >= 0.3 is 0 Å². The lowest BCUT2D eigenvalue weighted by Crippen LogP contribution is -1.96. The second-order valence-electron chi connectivity index (χ2n) is 3.82. The molecule has 2 aromatic carbocycles. The Kier molecular flexibility index (Phi) is 3.66. The average Bonchev–Trinajstić information content (AvgIpc) is 2.39. The fourth-order valence-corrected chi connectivity index (χ4v) is 1.91. The van der Waals surface area contributed by atoms with Crippen LogP contribution in [0.3, 0.4) is 0 Å². The van der Waals surface area contributed by atoms with E-state index < -0.39 is 0 Å². The number of benzene rings is 2. The molecule has 2 rings (SSSR count). The van der Waals surface area contributed by atoms with E-state index >= 15 is 0 Å². The smallest absolute Gasteiger partial charge is 0.164 e. The number of methoxy groups -OCH3 is 2. The lowest BCUT2D eigenvalue weighted by molar-refractivity contribution is 0.352. The lowest BCUT2D eigenvalue weighted by Gasteiger charge is -2.12. The molecule has 0 fully saturated rings. The van der Waals surface area contributed by atoms with Gasteiger partial charge in [-0.1, -0.05) is 42.5 Å². The van der Waals surface area contributed by atoms with Crippen LogP contribution in [0.4, 0.5) is 0 Å². The summed E-state index contributed by atoms with van der Waals surface area (Å²) in [5.41, 5.74) is 2.40. The third-order valence-corrected chi connectivity index (χ3v) is 2.72. The summed E-state index contributed by atoms with van der Waals surface area (Å²) in [6.07, 6.45) is 0.848. The quantitative estimate of drug-likeness (QED) is 0.799. The highest BCUT2D eigenvalue weighted by molar-refractivity contribution is 5.48. The van der Waals surface area contributed by atoms with Crippen LogP contribution in [0.1, 0.15) is 11.1 Å². The first kappa shape index (κ1) is 11.5. The van der Waals surface area contributed by atoms with E-state index in [1.807, 2.05) is 30.3 Å². The van der Waals surface area contributed by atoms with Crippen molar-refractivity contribution in [2.75, 3.05) is 14.2 Å². The van der Waals surface area contributed by atoms with Crippen molar-refractivity contribution in [3.05, 3.63) is 59.7 Å². The van der Waals surface area contributed by atoms with Crippen LogP contribution in [0.5, 0.6) is 11.5 Å². The van der Waals surface area contributed by atoms with E-state index in [1.165, 1.54) is 5.56 Å². The summed E-state index contributed by atoms with van der Waals surface area (Å²) >= 11 is 0. The molecular formula is C15H16O2. The summed E-state index contributed by atoms with van der Waals surface area (Å²) < 4.78 is 10.7. The summed E-state index contributed by atoms with van der Waals surface area (Å²) in [5, 5.41) is 0. The Morgan fingerprint density at radius 2 is 1.59 bits per heavy atom. The maximum atomic E-state index is 5.41. The molecular weight excluding hydrogens is 212 g/mol. The van der Waals surface area contributed by atoms with Crippen LogP contribution in [0, 0.1) is 0 Å². The van der Waals surface area contributed by atoms with E-state index in [0.29, 0.717) is 0 Å². The minimum absolute atomic E-state index is 0.779. The second-order valence-corrected chi connectivity index (χ2v) is 3.82. The van der Waals surface area contributed by atoms with Gasteiger partial charge in [0.2, 0.25) is 0 Å². The normalized spacial score (nSPS) is 10.0. The fraction of sp³-hybridized carbons (Fsp3) is 0.200. The number of para-hydroxylation sites is 1. The van der Waals surface area contributed by atoms with Crippen molar-refractivity contribution in [2.45, 2.75) is 6.42 Å². The van der Waals surface area contributed by atoms with Crippen molar-refractivity contribution >= 4 is 0 Å². The molecule has 0 amide bonds. The first-order valence-electron chi connectivity index (χ1n) is 5.59. The molecule has 2 heteroatoms. The Hall–Kier alpha value is -1.96. The maximum absolute atomic E-state index is 5.41. The summed E-state index contributed by atoms with van der Waals surface area (Å²) in [6, 6.07) is 16.3. The van der Waals surface area contributed by atoms with E-state index in [2.05, 4.69) is 18.2 Å². The van der Waals surface area contributed by atoms with E-state index in [4.69, 9.17) is 9.47 Å². The second kappa shape index (κ2) is 5.39. The fourth-order valence-electron chi connectivity index (χ4n) is 1.91. The minimum Gasteiger partial charge on any atom is -0.493 e. The van der Waals surface area contributed by atoms with Gasteiger partial charge in [-0.2, -0.15) is 0 Å². The third-order valence-electron chi connectivity index (χ3n) is 2.72. The van der Waals surface area contributed by atoms with E-state index in [0.717, 1.165) is 23.5 Å². The zero-order chi connectivity index (χ0) is 12.1. The Balaban J connectivity index is 2.33. The monoisotopic (exact) mass is 228 g/mol. The van der Waals surface area contributed by atoms with Crippen molar-refractivity contribution in [1.82, 2.24) is 0 Å². The van der Waals surface area contributed by atoms with E-state index in [1.54, 1.807) is 14.2 Å². The highest BCUT2D eigenvalue weighted by Gasteiger charge is 2.09. The van der Waals surface area contributed by atoms with Crippen LogP contribution >= 0.6 is 0 Å². The molecule has 0 aromatic heterocycles. The van der Waals surface area contributed by atoms with Gasteiger partial charge in [0, 0.05) is 12.0 Å². The van der Waals surface area contributed by atoms with E-state index in [-0.39, 0.29) is 0 Å². The summed E-state index contributed by atoms with van der Waals surface area (Å²) in [6.45, 7) is 0. The highest BCUT2D eigenvalue weighted by atomic mass is 16.5. The standard InChI is InChI=1S/C15H16O2/c1-16-14-10-6-9-13(15(14)17-2)11-12-7-4-3-5-8-12/h3-10H,11H2,1-2H3. The van der Waals surface area contributed by atoms with Crippen molar-refractivity contribution < 1.29 is 9.47 Å². The average molecular weight is 228 g/mol. The molecule has 88 valence electrons. The predicted molar refractivity (Wildman–Crippen MR) is 68.8 cm³/mol. The van der Waals surface area contributed by atoms with Crippen molar-refractivity contribution in [3.8, 4) is 11.5 Å². The molecule has 0 aliphatic heterocycles. The van der Waals surface area contributed by atoms with Crippen LogP contribution < -0.4 is 9.47 Å². The molecule has 0 atom stereocenters. The van der Waals surface area contributed by atoms with Gasteiger partial charge in [-0.25, -0.2) is 0 Å². The molecule has 17 heavy (non-hydrogen) atoms. The van der Waals surface area contributed by atoms with Crippen LogP contribution in [-0.4, -0.2) is 14.2 Å². The topological polar surface area (TPSA) is 18.5 Å². The predicted octanol–water partition coefficient (Wildman–Crippen LogP) is 3.29. The van der Waals surface area contributed by atoms with Gasteiger partial charge in [0.05, 0.1) is 14.2 Å². The molecule has 0 bridgehead atoms. The van der Waals surface area contributed by atoms with Crippen molar-refractivity contribution in [3.63, 3.8) is 0 Å². The summed E-state index contributed by atoms with van der Waals surface area (Å²) in [4.78, 5) is 0. The van der Waals surface area contributed by atoms with Gasteiger partial charge < -0.3 is 9.47 Å². The van der Waals surface area contributed by atoms with Crippen LogP contribution in [0.15, 0.2) is 48.5 Å². The van der Waals surface area contributed by atoms with Gasteiger partial charge in [0.25, 0.3) is 0 Å². The molecule has 2 nitrogen and oxygen atoms in total. The lowest BCUT2D eigenvalue weighted by atomic mass is 10.0. The number of hydrogen-bond acceptors (Lipinski definition) is 2. The molecule has 0 heterocycles. The maximum Gasteiger partial charge on any atom is 0.164 e. The highest BCUT2D eigenvalue weighted by Crippen LogP contribution is 2.31. The Morgan fingerprint density at radius 3 is 2.24 bits per heavy atom. The van der Waals surface area contributed by atoms with Crippen molar-refractivity contribution in [2.24, 2.45) is 0 Å². The van der Waals surface area contributed by atoms with Crippen LogP contribution in [0.2, 0.25) is 0 Å². The molecule has 0 N–H and O–H groups in total. The summed E-state index contributed by atoms with van der Waals surface area (Å²) in [5.74, 6) is 1.60. The number of rotatable bonds is 4. The molecule has 0 unspecified atom stereocenters. The molecule has 0 saturated heterocycles. The van der Waals surface area contributed by atoms with Gasteiger partial charge in [-0.15, -0.1) is 0 Å². The number of ether oxygens (including phenoxy) is 2. The summed E-state index contributed by atoms with van der Waals surface area (Å²) in [7, 11) is 3.33. The Morgan fingerprint density at radius 1 is 0.824 bits per heavy atom. The zero-order valence-corrected chi connectivity index (χ0v) is 10.1. The first-order chi connectivity index (χ1) is 8.35. The molecule has 2 aromatic rings. The van der Waals surface area contributed by atoms with Gasteiger partial charge in [-0.3, -0.25) is 0 Å². The molecule has 0 spiro atoms. The van der Waals surface area contributed by atoms with Gasteiger partial charge in [0.15, 0.2) is 11.5 Å². The largest absolute Gasteiger partial charge is 0.493 e. The van der Waals surface area contributed by atoms with Crippen LogP contribution in [0.25, 0.3) is 0 Å². The van der Waals surface area contributed by atoms with E-state index in [9.17, 15) is 0 Å². The first-order valence-corrected chi connectivity index (χ1v) is 5.59. The SMILES string of the molecule is COc1cccc(Cc2ccccc2)c1OC. The van der Waals surface area contributed by atoms with Gasteiger partial charge in [-0.05, 0) is 11.6 Å². The van der Waals surface area contributed by atoms with Crippen LogP contribution in [-0.2, 0) is 6.42 Å². The Bertz CT molecular complexity index is 478. The number of hydrogen-bond donors (Lipinski definition) is 0. The zero-order valence-electron chi connectivity index (χ0n) is 10.1. The van der Waals surface area contributed by atoms with Crippen molar-refractivity contribution in [1.29, 1.82) is 0 Å².